The van der Waals surface area contributed by atoms with Crippen molar-refractivity contribution in [3.05, 3.63) is 78.0 Å². The lowest BCUT2D eigenvalue weighted by atomic mass is 9.75. The third kappa shape index (κ3) is 4.09. The number of H-pyrrole nitrogens is 1. The van der Waals surface area contributed by atoms with E-state index in [-0.39, 0.29) is 17.8 Å². The minimum Gasteiger partial charge on any atom is -0.497 e. The molecule has 8 nitrogen and oxygen atoms in total. The molecule has 0 amide bonds. The maximum Gasteiger partial charge on any atom is 0.437 e. The first-order chi connectivity index (χ1) is 16.8. The zero-order valence-corrected chi connectivity index (χ0v) is 18.5. The van der Waals surface area contributed by atoms with Gasteiger partial charge in [-0.2, -0.15) is 28.6 Å². The summed E-state index contributed by atoms with van der Waals surface area (Å²) in [5.41, 5.74) is 0.543. The molecule has 1 aliphatic rings. The molecular formula is C24H19F3N6O2. The number of ether oxygens (including phenoxy) is 1. The quantitative estimate of drug-likeness (QED) is 0.331. The summed E-state index contributed by atoms with van der Waals surface area (Å²) >= 11 is 0. The number of aromatic amines is 1. The number of fused-ring (bicyclic) bond motifs is 1. The van der Waals surface area contributed by atoms with Crippen molar-refractivity contribution in [3.63, 3.8) is 0 Å². The monoisotopic (exact) mass is 480 g/mol. The van der Waals surface area contributed by atoms with Crippen molar-refractivity contribution in [2.75, 3.05) is 7.11 Å². The van der Waals surface area contributed by atoms with Gasteiger partial charge in [0.15, 0.2) is 5.69 Å². The van der Waals surface area contributed by atoms with Crippen molar-refractivity contribution in [3.8, 4) is 28.4 Å². The number of allylic oxidation sites excluding steroid dienone is 2. The molecule has 35 heavy (non-hydrogen) atoms. The summed E-state index contributed by atoms with van der Waals surface area (Å²) in [5, 5.41) is 8.92. The van der Waals surface area contributed by atoms with Crippen molar-refractivity contribution in [2.45, 2.75) is 24.6 Å². The Labute approximate surface area is 197 Å². The Morgan fingerprint density at radius 2 is 2.03 bits per heavy atom. The summed E-state index contributed by atoms with van der Waals surface area (Å²) in [7, 11) is 1.57. The second-order valence-corrected chi connectivity index (χ2v) is 8.17. The van der Waals surface area contributed by atoms with E-state index in [1.165, 1.54) is 18.3 Å². The average molecular weight is 480 g/mol. The lowest BCUT2D eigenvalue weighted by molar-refractivity contribution is -0.140. The molecule has 0 fully saturated rings. The molecule has 1 unspecified atom stereocenters. The maximum absolute atomic E-state index is 13.2. The number of rotatable bonds is 6. The molecule has 1 aromatic carbocycles. The normalized spacial score (nSPS) is 17.3. The van der Waals surface area contributed by atoms with Crippen molar-refractivity contribution in [2.24, 2.45) is 0 Å². The number of aromatic nitrogens is 6. The number of nitrogens with one attached hydrogen (secondary N) is 1. The van der Waals surface area contributed by atoms with E-state index in [1.807, 2.05) is 35.6 Å². The number of carbonyl (C=O) groups is 1. The molecule has 4 aromatic rings. The Kier molecular flexibility index (Phi) is 5.46. The van der Waals surface area contributed by atoms with Gasteiger partial charge in [-0.15, -0.1) is 0 Å². The summed E-state index contributed by atoms with van der Waals surface area (Å²) in [4.78, 5) is 21.0. The van der Waals surface area contributed by atoms with Gasteiger partial charge in [0.2, 0.25) is 0 Å². The highest BCUT2D eigenvalue weighted by Gasteiger charge is 2.38. The van der Waals surface area contributed by atoms with Crippen molar-refractivity contribution < 1.29 is 22.7 Å². The fourth-order valence-electron chi connectivity index (χ4n) is 4.29. The number of alkyl halides is 3. The van der Waals surface area contributed by atoms with Crippen LogP contribution in [0.2, 0.25) is 0 Å². The molecule has 0 saturated carbocycles. The van der Waals surface area contributed by atoms with Gasteiger partial charge in [0.05, 0.1) is 24.5 Å². The van der Waals surface area contributed by atoms with E-state index in [0.29, 0.717) is 23.6 Å². The second kappa shape index (κ2) is 8.49. The Morgan fingerprint density at radius 1 is 1.17 bits per heavy atom. The number of hydrogen-bond donors (Lipinski definition) is 1. The number of nitrogens with zero attached hydrogens (tertiary/aromatic N) is 5. The smallest absolute Gasteiger partial charge is 0.437 e. The SMILES string of the molecule is COc1ccc2c(c1)C(C=O)(Cn1cnc(-c3cc(-c4n[nH]nc4C(F)(F)F)ccn3)c1)C=CC2. The van der Waals surface area contributed by atoms with Crippen LogP contribution in [0.3, 0.4) is 0 Å². The van der Waals surface area contributed by atoms with Gasteiger partial charge >= 0.3 is 6.18 Å². The molecule has 0 saturated heterocycles. The van der Waals surface area contributed by atoms with Crippen LogP contribution in [0, 0.1) is 0 Å². The molecule has 5 rings (SSSR count). The third-order valence-electron chi connectivity index (χ3n) is 5.97. The molecule has 0 bridgehead atoms. The lowest BCUT2D eigenvalue weighted by Crippen LogP contribution is -2.34. The summed E-state index contributed by atoms with van der Waals surface area (Å²) in [5.74, 6) is 0.656. The Morgan fingerprint density at radius 3 is 2.80 bits per heavy atom. The van der Waals surface area contributed by atoms with Crippen molar-refractivity contribution in [1.29, 1.82) is 0 Å². The first kappa shape index (κ1) is 22.5. The van der Waals surface area contributed by atoms with E-state index in [9.17, 15) is 18.0 Å². The molecule has 0 spiro atoms. The lowest BCUT2D eigenvalue weighted by Gasteiger charge is -2.31. The zero-order chi connectivity index (χ0) is 24.6. The standard InChI is InChI=1S/C24H19F3N6O2/c1-35-17-5-4-15-3-2-7-23(13-34,18(15)10-17)12-33-11-20(29-14-33)19-9-16(6-8-28-19)21-22(24(25,26)27)31-32-30-21/h2,4-11,13-14H,3,12H2,1H3,(H,30,31,32). The van der Waals surface area contributed by atoms with Gasteiger partial charge < -0.3 is 14.1 Å². The molecule has 11 heteroatoms. The number of hydrogen-bond acceptors (Lipinski definition) is 6. The van der Waals surface area contributed by atoms with Crippen LogP contribution >= 0.6 is 0 Å². The number of benzene rings is 1. The number of methoxy groups -OCH3 is 1. The van der Waals surface area contributed by atoms with Crippen LogP contribution in [0.1, 0.15) is 16.8 Å². The van der Waals surface area contributed by atoms with Crippen LogP contribution in [0.25, 0.3) is 22.6 Å². The van der Waals surface area contributed by atoms with Crippen LogP contribution < -0.4 is 4.74 Å². The summed E-state index contributed by atoms with van der Waals surface area (Å²) in [6.07, 6.45) is 5.46. The Hall–Kier alpha value is -4.28. The van der Waals surface area contributed by atoms with E-state index in [2.05, 4.69) is 20.2 Å². The molecule has 1 N–H and O–H groups in total. The van der Waals surface area contributed by atoms with Gasteiger partial charge in [-0.3, -0.25) is 4.98 Å². The second-order valence-electron chi connectivity index (χ2n) is 8.17. The van der Waals surface area contributed by atoms with Gasteiger partial charge in [-0.1, -0.05) is 18.2 Å². The Bertz CT molecular complexity index is 1420. The van der Waals surface area contributed by atoms with Crippen LogP contribution in [0.4, 0.5) is 13.2 Å². The molecule has 1 aliphatic carbocycles. The van der Waals surface area contributed by atoms with E-state index >= 15 is 0 Å². The zero-order valence-electron chi connectivity index (χ0n) is 18.5. The Balaban J connectivity index is 1.47. The van der Waals surface area contributed by atoms with Gasteiger partial charge in [0, 0.05) is 24.5 Å². The highest BCUT2D eigenvalue weighted by molar-refractivity contribution is 5.75. The van der Waals surface area contributed by atoms with Gasteiger partial charge in [0.25, 0.3) is 0 Å². The topological polar surface area (TPSA) is 98.6 Å². The van der Waals surface area contributed by atoms with E-state index in [0.717, 1.165) is 17.4 Å². The fraction of sp³-hybridized carbons (Fsp3) is 0.208. The first-order valence-electron chi connectivity index (χ1n) is 10.6. The highest BCUT2D eigenvalue weighted by Crippen LogP contribution is 2.37. The minimum atomic E-state index is -4.65. The number of imidazole rings is 1. The predicted molar refractivity (Wildman–Crippen MR) is 119 cm³/mol. The molecular weight excluding hydrogens is 461 g/mol. The van der Waals surface area contributed by atoms with Gasteiger partial charge in [-0.05, 0) is 41.8 Å². The molecule has 0 radical (unpaired) electrons. The fourth-order valence-corrected chi connectivity index (χ4v) is 4.29. The first-order valence-corrected chi connectivity index (χ1v) is 10.6. The van der Waals surface area contributed by atoms with Crippen LogP contribution in [0.5, 0.6) is 5.75 Å². The van der Waals surface area contributed by atoms with E-state index < -0.39 is 17.3 Å². The molecule has 3 aromatic heterocycles. The summed E-state index contributed by atoms with van der Waals surface area (Å²) in [6.45, 7) is 0.279. The predicted octanol–water partition coefficient (Wildman–Crippen LogP) is 4.01. The molecule has 1 atom stereocenters. The maximum atomic E-state index is 13.2. The van der Waals surface area contributed by atoms with E-state index in [1.54, 1.807) is 24.2 Å². The van der Waals surface area contributed by atoms with Crippen molar-refractivity contribution in [1.82, 2.24) is 29.9 Å². The molecule has 3 heterocycles. The molecule has 178 valence electrons. The van der Waals surface area contributed by atoms with Crippen LogP contribution in [-0.2, 0) is 29.4 Å². The summed E-state index contributed by atoms with van der Waals surface area (Å²) < 4.78 is 46.8. The number of carbonyl (C=O) groups excluding carboxylic acids is 1. The van der Waals surface area contributed by atoms with E-state index in [4.69, 9.17) is 4.74 Å². The summed E-state index contributed by atoms with van der Waals surface area (Å²) in [6, 6.07) is 8.57. The van der Waals surface area contributed by atoms with Gasteiger partial charge in [0.1, 0.15) is 23.4 Å². The average Bonchev–Trinajstić information content (AvgIpc) is 3.54. The number of aldehydes is 1. The highest BCUT2D eigenvalue weighted by atomic mass is 19.4. The largest absolute Gasteiger partial charge is 0.497 e. The van der Waals surface area contributed by atoms with Crippen LogP contribution in [0.15, 0.2) is 61.2 Å². The number of pyridine rings is 1. The molecule has 0 aliphatic heterocycles. The third-order valence-corrected chi connectivity index (χ3v) is 5.97. The van der Waals surface area contributed by atoms with Crippen molar-refractivity contribution >= 4 is 6.29 Å². The van der Waals surface area contributed by atoms with Gasteiger partial charge in [-0.25, -0.2) is 4.98 Å². The van der Waals surface area contributed by atoms with Crippen LogP contribution in [-0.4, -0.2) is 43.3 Å². The minimum absolute atomic E-state index is 0.200. The number of halogens is 3.